The number of carbonyl (C=O) groups is 1. The van der Waals surface area contributed by atoms with Crippen LogP contribution in [0.25, 0.3) is 0 Å². The number of aliphatic hydroxyl groups is 1. The van der Waals surface area contributed by atoms with E-state index in [-0.39, 0.29) is 19.1 Å². The second-order valence-electron chi connectivity index (χ2n) is 21.7. The number of carbonyl (C=O) groups excluding carboxylic acids is 1. The summed E-state index contributed by atoms with van der Waals surface area (Å²) in [6.45, 7) is 4.70. The summed E-state index contributed by atoms with van der Waals surface area (Å²) in [5.74, 6) is -0.191. The van der Waals surface area contributed by atoms with Crippen molar-refractivity contribution in [1.82, 2.24) is 5.32 Å². The number of quaternary nitrogens is 1. The molecule has 0 saturated heterocycles. The summed E-state index contributed by atoms with van der Waals surface area (Å²) in [6.07, 6.45) is 74.5. The van der Waals surface area contributed by atoms with E-state index >= 15 is 0 Å². The Morgan fingerprint density at radius 2 is 0.847 bits per heavy atom. The summed E-state index contributed by atoms with van der Waals surface area (Å²) in [7, 11) is 1.55. The van der Waals surface area contributed by atoms with Crippen LogP contribution in [-0.4, -0.2) is 73.4 Å². The third kappa shape index (κ3) is 55.7. The van der Waals surface area contributed by atoms with Crippen LogP contribution in [0.3, 0.4) is 0 Å². The topological polar surface area (TPSA) is 105 Å². The first kappa shape index (κ1) is 69.9. The zero-order valence-electron chi connectivity index (χ0n) is 47.9. The highest BCUT2D eigenvalue weighted by Crippen LogP contribution is 2.43. The molecule has 0 heterocycles. The molecule has 0 aliphatic heterocycles. The molecule has 420 valence electrons. The molecule has 9 heteroatoms. The van der Waals surface area contributed by atoms with Crippen LogP contribution in [0.15, 0.2) is 72.9 Å². The molecule has 0 aliphatic rings. The molecule has 0 spiro atoms. The van der Waals surface area contributed by atoms with Gasteiger partial charge in [-0.25, -0.2) is 4.57 Å². The van der Waals surface area contributed by atoms with Crippen LogP contribution in [0.5, 0.6) is 0 Å². The van der Waals surface area contributed by atoms with Crippen LogP contribution in [0.1, 0.15) is 271 Å². The van der Waals surface area contributed by atoms with Gasteiger partial charge in [-0.2, -0.15) is 0 Å². The number of unbranched alkanes of at least 4 members (excludes halogenated alkanes) is 32. The van der Waals surface area contributed by atoms with E-state index in [1.165, 1.54) is 186 Å². The summed E-state index contributed by atoms with van der Waals surface area (Å²) in [5.41, 5.74) is 0. The summed E-state index contributed by atoms with van der Waals surface area (Å²) >= 11 is 0. The fourth-order valence-corrected chi connectivity index (χ4v) is 9.43. The van der Waals surface area contributed by atoms with Gasteiger partial charge >= 0.3 is 7.82 Å². The summed E-state index contributed by atoms with van der Waals surface area (Å²) < 4.78 is 23.7. The lowest BCUT2D eigenvalue weighted by Gasteiger charge is -2.25. The number of nitrogens with one attached hydrogen (secondary N) is 1. The van der Waals surface area contributed by atoms with Crippen molar-refractivity contribution in [2.75, 3.05) is 40.9 Å². The molecule has 3 unspecified atom stereocenters. The first-order valence-corrected chi connectivity index (χ1v) is 31.8. The van der Waals surface area contributed by atoms with Gasteiger partial charge < -0.3 is 19.8 Å². The Morgan fingerprint density at radius 1 is 0.486 bits per heavy atom. The molecule has 0 aliphatic carbocycles. The van der Waals surface area contributed by atoms with Crippen molar-refractivity contribution in [3.8, 4) is 0 Å². The largest absolute Gasteiger partial charge is 0.472 e. The predicted octanol–water partition coefficient (Wildman–Crippen LogP) is 18.7. The molecule has 0 radical (unpaired) electrons. The van der Waals surface area contributed by atoms with E-state index in [1.807, 2.05) is 27.2 Å². The fraction of sp³-hybridized carbons (Fsp3) is 0.794. The molecule has 3 atom stereocenters. The minimum atomic E-state index is -4.36. The number of hydrogen-bond acceptors (Lipinski definition) is 5. The van der Waals surface area contributed by atoms with Crippen LogP contribution in [-0.2, 0) is 18.4 Å². The van der Waals surface area contributed by atoms with Gasteiger partial charge in [-0.05, 0) is 70.6 Å². The number of rotatable bonds is 55. The lowest BCUT2D eigenvalue weighted by atomic mass is 10.0. The van der Waals surface area contributed by atoms with Gasteiger partial charge in [0.05, 0.1) is 39.9 Å². The highest BCUT2D eigenvalue weighted by Gasteiger charge is 2.27. The minimum Gasteiger partial charge on any atom is -0.387 e. The van der Waals surface area contributed by atoms with Crippen molar-refractivity contribution in [1.29, 1.82) is 0 Å². The average molecular weight is 1030 g/mol. The normalized spacial score (nSPS) is 14.4. The molecule has 3 N–H and O–H groups in total. The zero-order valence-corrected chi connectivity index (χ0v) is 48.8. The molecule has 0 fully saturated rings. The van der Waals surface area contributed by atoms with Crippen LogP contribution >= 0.6 is 7.82 Å². The number of amides is 1. The van der Waals surface area contributed by atoms with Crippen molar-refractivity contribution in [3.05, 3.63) is 72.9 Å². The highest BCUT2D eigenvalue weighted by molar-refractivity contribution is 7.47. The molecular weight excluding hydrogens is 912 g/mol. The van der Waals surface area contributed by atoms with Crippen molar-refractivity contribution < 1.29 is 32.9 Å². The van der Waals surface area contributed by atoms with Crippen LogP contribution in [0.4, 0.5) is 0 Å². The molecule has 72 heavy (non-hydrogen) atoms. The predicted molar refractivity (Wildman–Crippen MR) is 313 cm³/mol. The first-order chi connectivity index (χ1) is 35.0. The molecule has 0 aromatic carbocycles. The van der Waals surface area contributed by atoms with Gasteiger partial charge in [-0.1, -0.05) is 267 Å². The van der Waals surface area contributed by atoms with E-state index in [0.717, 1.165) is 64.2 Å². The van der Waals surface area contributed by atoms with Crippen LogP contribution < -0.4 is 5.32 Å². The Balaban J connectivity index is 4.23. The maximum atomic E-state index is 13.0. The molecule has 0 rings (SSSR count). The molecule has 0 aromatic heterocycles. The Labute approximate surface area is 446 Å². The molecule has 8 nitrogen and oxygen atoms in total. The maximum Gasteiger partial charge on any atom is 0.472 e. The fourth-order valence-electron chi connectivity index (χ4n) is 8.70. The third-order valence-corrected chi connectivity index (χ3v) is 14.4. The van der Waals surface area contributed by atoms with Crippen molar-refractivity contribution >= 4 is 13.7 Å². The quantitative estimate of drug-likeness (QED) is 0.0243. The highest BCUT2D eigenvalue weighted by atomic mass is 31.2. The number of likely N-dealkylation sites (N-methyl/N-ethyl adjacent to an activating group) is 1. The van der Waals surface area contributed by atoms with Gasteiger partial charge in [0, 0.05) is 6.42 Å². The van der Waals surface area contributed by atoms with Gasteiger partial charge in [-0.3, -0.25) is 13.8 Å². The number of hydrogen-bond donors (Lipinski definition) is 3. The molecule has 0 aromatic rings. The number of phosphoric acid groups is 1. The number of aliphatic hydroxyl groups excluding tert-OH is 1. The van der Waals surface area contributed by atoms with Gasteiger partial charge in [-0.15, -0.1) is 0 Å². The summed E-state index contributed by atoms with van der Waals surface area (Å²) in [4.78, 5) is 23.3. The van der Waals surface area contributed by atoms with Crippen LogP contribution in [0.2, 0.25) is 0 Å². The Hall–Kier alpha value is -2.06. The molecule has 0 saturated carbocycles. The minimum absolute atomic E-state index is 0.0527. The monoisotopic (exact) mass is 1030 g/mol. The summed E-state index contributed by atoms with van der Waals surface area (Å²) in [5, 5.41) is 13.9. The Kier molecular flexibility index (Phi) is 52.2. The summed E-state index contributed by atoms with van der Waals surface area (Å²) in [6, 6.07) is -0.871. The Bertz CT molecular complexity index is 1400. The zero-order chi connectivity index (χ0) is 52.7. The number of nitrogens with zero attached hydrogens (tertiary/aromatic N) is 1. The van der Waals surface area contributed by atoms with Gasteiger partial charge in [0.1, 0.15) is 13.2 Å². The van der Waals surface area contributed by atoms with Gasteiger partial charge in [0.25, 0.3) is 0 Å². The van der Waals surface area contributed by atoms with Crippen molar-refractivity contribution in [3.63, 3.8) is 0 Å². The number of allylic oxidation sites excluding steroid dienone is 11. The van der Waals surface area contributed by atoms with E-state index in [2.05, 4.69) is 79.9 Å². The SMILES string of the molecule is CC/C=C\C/C=C\C/C=C\C/C=C\CCCCCCCCCCCCC(=O)NC(COP(=O)(O)OCC[N+](C)(C)C)C(O)/C=C/CC/C=C/CCCCCCCCCCCCCCCCCCCCCCC. The van der Waals surface area contributed by atoms with E-state index < -0.39 is 20.0 Å². The molecule has 0 bridgehead atoms. The third-order valence-electron chi connectivity index (χ3n) is 13.4. The maximum absolute atomic E-state index is 13.0. The number of phosphoric ester groups is 1. The second-order valence-corrected chi connectivity index (χ2v) is 23.1. The van der Waals surface area contributed by atoms with Gasteiger partial charge in [0.2, 0.25) is 5.91 Å². The first-order valence-electron chi connectivity index (χ1n) is 30.3. The van der Waals surface area contributed by atoms with E-state index in [4.69, 9.17) is 9.05 Å². The lowest BCUT2D eigenvalue weighted by molar-refractivity contribution is -0.870. The second kappa shape index (κ2) is 53.8. The standard InChI is InChI=1S/C63H117N2O6P/c1-6-8-10-12-14-16-18-20-22-24-26-28-30-31-32-33-35-36-38-40-42-44-46-48-50-52-54-56-62(66)61(60-71-72(68,69)70-59-58-65(3,4)5)64-63(67)57-55-53-51-49-47-45-43-41-39-37-34-29-27-25-23-21-19-17-15-13-11-9-7-2/h9,11,15,17,21,23,27,29,46,48,54,56,61-62,66H,6-8,10,12-14,16,18-20,22,24-26,28,30-45,47,49-53,55,57-60H2,1-5H3,(H-,64,67,68,69)/p+1/b11-9-,17-15-,23-21-,29-27-,48-46+,56-54+. The molecular formula is C63H118N2O6P+. The van der Waals surface area contributed by atoms with Crippen molar-refractivity contribution in [2.24, 2.45) is 0 Å². The van der Waals surface area contributed by atoms with Gasteiger partial charge in [0.15, 0.2) is 0 Å². The smallest absolute Gasteiger partial charge is 0.387 e. The molecule has 1 amide bonds. The Morgan fingerprint density at radius 3 is 1.28 bits per heavy atom. The van der Waals surface area contributed by atoms with E-state index in [9.17, 15) is 19.4 Å². The lowest BCUT2D eigenvalue weighted by Crippen LogP contribution is -2.45. The average Bonchev–Trinajstić information content (AvgIpc) is 3.34. The van der Waals surface area contributed by atoms with Crippen molar-refractivity contribution in [2.45, 2.75) is 283 Å². The van der Waals surface area contributed by atoms with E-state index in [0.29, 0.717) is 17.4 Å². The van der Waals surface area contributed by atoms with Crippen LogP contribution in [0, 0.1) is 0 Å². The van der Waals surface area contributed by atoms with E-state index in [1.54, 1.807) is 6.08 Å².